The smallest absolute Gasteiger partial charge is 0.149 e. The molecular weight excluding hydrogens is 334 g/mol. The summed E-state index contributed by atoms with van der Waals surface area (Å²) in [6.45, 7) is 5.82. The average Bonchev–Trinajstić information content (AvgIpc) is 2.65. The number of hydrogen-bond donors (Lipinski definition) is 1. The van der Waals surface area contributed by atoms with Crippen molar-refractivity contribution in [2.75, 3.05) is 5.32 Å². The quantitative estimate of drug-likeness (QED) is 0.793. The zero-order valence-corrected chi connectivity index (χ0v) is 13.1. The zero-order chi connectivity index (χ0) is 14.2. The maximum Gasteiger partial charge on any atom is 0.149 e. The molecule has 1 aromatic carbocycles. The number of rotatable bonds is 3. The van der Waals surface area contributed by atoms with Crippen LogP contribution in [0.3, 0.4) is 0 Å². The fourth-order valence-electron chi connectivity index (χ4n) is 1.88. The lowest BCUT2D eigenvalue weighted by Gasteiger charge is -2.15. The molecule has 0 aliphatic carbocycles. The van der Waals surface area contributed by atoms with Crippen LogP contribution in [0.2, 0.25) is 0 Å². The summed E-state index contributed by atoms with van der Waals surface area (Å²) < 4.78 is 27.1. The van der Waals surface area contributed by atoms with Crippen LogP contribution < -0.4 is 5.32 Å². The molecule has 19 heavy (non-hydrogen) atoms. The van der Waals surface area contributed by atoms with Crippen LogP contribution in [0.5, 0.6) is 0 Å². The standard InChI is InChI=1S/C13H13BrF2N2S/c1-6(13-7(2)19-8(3)18-13)17-12-4-9(14)10(15)5-11(12)16/h4-6,17H,1-3H3. The number of aromatic nitrogens is 1. The van der Waals surface area contributed by atoms with Crippen LogP contribution >= 0.6 is 27.3 Å². The van der Waals surface area contributed by atoms with Crippen LogP contribution in [-0.4, -0.2) is 4.98 Å². The van der Waals surface area contributed by atoms with E-state index in [9.17, 15) is 8.78 Å². The molecule has 1 aromatic heterocycles. The highest BCUT2D eigenvalue weighted by molar-refractivity contribution is 9.10. The summed E-state index contributed by atoms with van der Waals surface area (Å²) in [4.78, 5) is 5.52. The van der Waals surface area contributed by atoms with Gasteiger partial charge in [-0.05, 0) is 42.8 Å². The Kier molecular flexibility index (Phi) is 4.20. The molecule has 0 saturated carbocycles. The summed E-state index contributed by atoms with van der Waals surface area (Å²) in [5.41, 5.74) is 1.15. The van der Waals surface area contributed by atoms with Gasteiger partial charge in [0.2, 0.25) is 0 Å². The molecule has 1 atom stereocenters. The molecule has 0 spiro atoms. The molecular formula is C13H13BrF2N2S. The zero-order valence-electron chi connectivity index (χ0n) is 10.7. The van der Waals surface area contributed by atoms with Gasteiger partial charge in [0.25, 0.3) is 0 Å². The van der Waals surface area contributed by atoms with Crippen molar-refractivity contribution in [3.8, 4) is 0 Å². The first-order chi connectivity index (χ1) is 8.88. The van der Waals surface area contributed by atoms with Crippen LogP contribution in [-0.2, 0) is 0 Å². The van der Waals surface area contributed by atoms with E-state index >= 15 is 0 Å². The Labute approximate surface area is 123 Å². The van der Waals surface area contributed by atoms with Gasteiger partial charge >= 0.3 is 0 Å². The van der Waals surface area contributed by atoms with E-state index in [4.69, 9.17) is 0 Å². The van der Waals surface area contributed by atoms with Gasteiger partial charge in [-0.2, -0.15) is 0 Å². The van der Waals surface area contributed by atoms with E-state index < -0.39 is 11.6 Å². The monoisotopic (exact) mass is 346 g/mol. The molecule has 1 heterocycles. The molecule has 102 valence electrons. The fraction of sp³-hybridized carbons (Fsp3) is 0.308. The lowest BCUT2D eigenvalue weighted by Crippen LogP contribution is -2.10. The first kappa shape index (κ1) is 14.4. The minimum atomic E-state index is -0.614. The Balaban J connectivity index is 2.26. The highest BCUT2D eigenvalue weighted by Crippen LogP contribution is 2.29. The third kappa shape index (κ3) is 3.12. The summed E-state index contributed by atoms with van der Waals surface area (Å²) in [6, 6.07) is 2.12. The van der Waals surface area contributed by atoms with Crippen molar-refractivity contribution in [3.63, 3.8) is 0 Å². The molecule has 1 N–H and O–H groups in total. The van der Waals surface area contributed by atoms with Crippen molar-refractivity contribution in [1.29, 1.82) is 0 Å². The Morgan fingerprint density at radius 3 is 2.53 bits per heavy atom. The topological polar surface area (TPSA) is 24.9 Å². The van der Waals surface area contributed by atoms with Gasteiger partial charge in [-0.1, -0.05) is 0 Å². The number of hydrogen-bond acceptors (Lipinski definition) is 3. The van der Waals surface area contributed by atoms with Crippen LogP contribution in [0, 0.1) is 25.5 Å². The van der Waals surface area contributed by atoms with Gasteiger partial charge in [-0.25, -0.2) is 13.8 Å². The van der Waals surface area contributed by atoms with Gasteiger partial charge in [0.05, 0.1) is 26.9 Å². The Morgan fingerprint density at radius 1 is 1.26 bits per heavy atom. The van der Waals surface area contributed by atoms with Crippen molar-refractivity contribution < 1.29 is 8.78 Å². The number of halogens is 3. The third-order valence-corrected chi connectivity index (χ3v) is 4.24. The Bertz CT molecular complexity index is 613. The van der Waals surface area contributed by atoms with E-state index in [-0.39, 0.29) is 16.2 Å². The molecule has 0 bridgehead atoms. The molecule has 0 aliphatic heterocycles. The maximum absolute atomic E-state index is 13.7. The third-order valence-electron chi connectivity index (χ3n) is 2.73. The minimum absolute atomic E-state index is 0.142. The summed E-state index contributed by atoms with van der Waals surface area (Å²) in [5, 5.41) is 4.00. The molecule has 2 rings (SSSR count). The highest BCUT2D eigenvalue weighted by Gasteiger charge is 2.16. The van der Waals surface area contributed by atoms with Crippen molar-refractivity contribution in [3.05, 3.63) is 43.8 Å². The van der Waals surface area contributed by atoms with Gasteiger partial charge in [0, 0.05) is 10.9 Å². The van der Waals surface area contributed by atoms with E-state index in [1.54, 1.807) is 11.3 Å². The van der Waals surface area contributed by atoms with Crippen molar-refractivity contribution in [1.82, 2.24) is 4.98 Å². The number of aryl methyl sites for hydroxylation is 2. The van der Waals surface area contributed by atoms with Gasteiger partial charge in [0.1, 0.15) is 11.6 Å². The molecule has 1 unspecified atom stereocenters. The van der Waals surface area contributed by atoms with Crippen molar-refractivity contribution >= 4 is 33.0 Å². The van der Waals surface area contributed by atoms with Crippen LogP contribution in [0.25, 0.3) is 0 Å². The second-order valence-electron chi connectivity index (χ2n) is 4.29. The van der Waals surface area contributed by atoms with E-state index in [1.165, 1.54) is 6.07 Å². The first-order valence-electron chi connectivity index (χ1n) is 5.73. The Morgan fingerprint density at radius 2 is 1.95 bits per heavy atom. The molecule has 0 radical (unpaired) electrons. The summed E-state index contributed by atoms with van der Waals surface area (Å²) in [7, 11) is 0. The fourth-order valence-corrected chi connectivity index (χ4v) is 3.14. The predicted molar refractivity (Wildman–Crippen MR) is 77.7 cm³/mol. The number of nitrogens with one attached hydrogen (secondary N) is 1. The number of anilines is 1. The van der Waals surface area contributed by atoms with Gasteiger partial charge in [-0.15, -0.1) is 11.3 Å². The van der Waals surface area contributed by atoms with E-state index in [2.05, 4.69) is 26.2 Å². The molecule has 2 nitrogen and oxygen atoms in total. The molecule has 0 fully saturated rings. The molecule has 6 heteroatoms. The van der Waals surface area contributed by atoms with Crippen molar-refractivity contribution in [2.24, 2.45) is 0 Å². The Hall–Kier alpha value is -1.01. The SMILES string of the molecule is Cc1nc(C(C)Nc2cc(Br)c(F)cc2F)c(C)s1. The van der Waals surface area contributed by atoms with Gasteiger partial charge < -0.3 is 5.32 Å². The molecule has 2 aromatic rings. The predicted octanol–water partition coefficient (Wildman–Crippen LogP) is 4.97. The minimum Gasteiger partial charge on any atom is -0.375 e. The first-order valence-corrected chi connectivity index (χ1v) is 7.34. The number of thiazole rings is 1. The molecule has 0 saturated heterocycles. The van der Waals surface area contributed by atoms with Crippen LogP contribution in [0.1, 0.15) is 28.5 Å². The summed E-state index contributed by atoms with van der Waals surface area (Å²) >= 11 is 4.65. The van der Waals surface area contributed by atoms with Gasteiger partial charge in [0.15, 0.2) is 0 Å². The normalized spacial score (nSPS) is 12.5. The second kappa shape index (κ2) is 5.54. The lowest BCUT2D eigenvalue weighted by molar-refractivity contribution is 0.579. The van der Waals surface area contributed by atoms with Crippen LogP contribution in [0.15, 0.2) is 16.6 Å². The van der Waals surface area contributed by atoms with E-state index in [1.807, 2.05) is 20.8 Å². The second-order valence-corrected chi connectivity index (χ2v) is 6.55. The number of nitrogens with zero attached hydrogens (tertiary/aromatic N) is 1. The average molecular weight is 347 g/mol. The summed E-state index contributed by atoms with van der Waals surface area (Å²) in [6.07, 6.45) is 0. The van der Waals surface area contributed by atoms with Crippen molar-refractivity contribution in [2.45, 2.75) is 26.8 Å². The highest BCUT2D eigenvalue weighted by atomic mass is 79.9. The van der Waals surface area contributed by atoms with E-state index in [0.717, 1.165) is 21.6 Å². The van der Waals surface area contributed by atoms with Crippen LogP contribution in [0.4, 0.5) is 14.5 Å². The molecule has 0 aliphatic rings. The lowest BCUT2D eigenvalue weighted by atomic mass is 10.2. The van der Waals surface area contributed by atoms with Gasteiger partial charge in [-0.3, -0.25) is 0 Å². The number of benzene rings is 1. The maximum atomic E-state index is 13.7. The van der Waals surface area contributed by atoms with E-state index in [0.29, 0.717) is 0 Å². The molecule has 0 amide bonds. The summed E-state index contributed by atoms with van der Waals surface area (Å²) in [5.74, 6) is -1.23. The largest absolute Gasteiger partial charge is 0.375 e.